The zero-order chi connectivity index (χ0) is 15.5. The maximum atomic E-state index is 12.3. The van der Waals surface area contributed by atoms with Crippen molar-refractivity contribution < 1.29 is 14.7 Å². The Morgan fingerprint density at radius 3 is 2.40 bits per heavy atom. The average Bonchev–Trinajstić information content (AvgIpc) is 2.74. The fraction of sp³-hybridized carbons (Fsp3) is 0.600. The van der Waals surface area contributed by atoms with Crippen LogP contribution >= 0.6 is 0 Å². The van der Waals surface area contributed by atoms with E-state index in [4.69, 9.17) is 5.11 Å². The molecule has 1 amide bonds. The summed E-state index contributed by atoms with van der Waals surface area (Å²) in [5.74, 6) is -1.14. The smallest absolute Gasteiger partial charge is 0.305 e. The van der Waals surface area contributed by atoms with Gasteiger partial charge in [0.15, 0.2) is 0 Å². The molecule has 20 heavy (non-hydrogen) atoms. The van der Waals surface area contributed by atoms with Crippen LogP contribution in [0.2, 0.25) is 0 Å². The second-order valence-corrected chi connectivity index (χ2v) is 6.38. The van der Waals surface area contributed by atoms with Gasteiger partial charge in [0.1, 0.15) is 5.69 Å². The molecule has 0 spiro atoms. The Labute approximate surface area is 120 Å². The molecular formula is C15H24N2O3. The number of amides is 1. The van der Waals surface area contributed by atoms with Crippen molar-refractivity contribution in [2.24, 2.45) is 5.41 Å². The molecule has 0 saturated carbocycles. The third kappa shape index (κ3) is 4.11. The summed E-state index contributed by atoms with van der Waals surface area (Å²) in [6.45, 7) is 9.75. The predicted octanol–water partition coefficient (Wildman–Crippen LogP) is 2.69. The van der Waals surface area contributed by atoms with Crippen LogP contribution in [0.25, 0.3) is 0 Å². The number of rotatable bonds is 5. The minimum Gasteiger partial charge on any atom is -0.481 e. The van der Waals surface area contributed by atoms with E-state index < -0.39 is 12.0 Å². The fourth-order valence-corrected chi connectivity index (χ4v) is 2.02. The third-order valence-electron chi connectivity index (χ3n) is 3.30. The molecule has 1 aromatic rings. The van der Waals surface area contributed by atoms with E-state index in [9.17, 15) is 9.59 Å². The van der Waals surface area contributed by atoms with Crippen molar-refractivity contribution in [3.63, 3.8) is 0 Å². The van der Waals surface area contributed by atoms with E-state index in [1.54, 1.807) is 6.07 Å². The van der Waals surface area contributed by atoms with Gasteiger partial charge in [-0.3, -0.25) is 9.59 Å². The van der Waals surface area contributed by atoms with E-state index >= 15 is 0 Å². The standard InChI is InChI=1S/C15H24N2O3/c1-10(2)17-8-6-7-11(17)14(20)16-12(9-13(18)19)15(3,4)5/h6-8,10,12H,9H2,1-5H3,(H,16,20)(H,18,19). The Hall–Kier alpha value is -1.78. The predicted molar refractivity (Wildman–Crippen MR) is 77.8 cm³/mol. The number of nitrogens with one attached hydrogen (secondary N) is 1. The first-order chi connectivity index (χ1) is 9.12. The Kier molecular flexibility index (Phi) is 4.98. The number of aromatic nitrogens is 1. The zero-order valence-corrected chi connectivity index (χ0v) is 12.8. The van der Waals surface area contributed by atoms with E-state index in [0.717, 1.165) is 0 Å². The summed E-state index contributed by atoms with van der Waals surface area (Å²) >= 11 is 0. The molecule has 0 aliphatic carbocycles. The molecule has 1 rings (SSSR count). The van der Waals surface area contributed by atoms with Gasteiger partial charge in [-0.25, -0.2) is 0 Å². The SMILES string of the molecule is CC(C)n1cccc1C(=O)NC(CC(=O)O)C(C)(C)C. The molecule has 5 heteroatoms. The van der Waals surface area contributed by atoms with Crippen molar-refractivity contribution in [2.75, 3.05) is 0 Å². The van der Waals surface area contributed by atoms with Crippen LogP contribution in [0.15, 0.2) is 18.3 Å². The lowest BCUT2D eigenvalue weighted by atomic mass is 9.84. The summed E-state index contributed by atoms with van der Waals surface area (Å²) in [6, 6.07) is 3.33. The summed E-state index contributed by atoms with van der Waals surface area (Å²) < 4.78 is 1.87. The van der Waals surface area contributed by atoms with Crippen molar-refractivity contribution in [1.82, 2.24) is 9.88 Å². The van der Waals surface area contributed by atoms with Gasteiger partial charge in [-0.1, -0.05) is 20.8 Å². The van der Waals surface area contributed by atoms with E-state index in [1.165, 1.54) is 0 Å². The van der Waals surface area contributed by atoms with Crippen LogP contribution in [-0.2, 0) is 4.79 Å². The van der Waals surface area contributed by atoms with E-state index in [0.29, 0.717) is 5.69 Å². The van der Waals surface area contributed by atoms with Crippen LogP contribution in [0, 0.1) is 5.41 Å². The summed E-state index contributed by atoms with van der Waals surface area (Å²) in [5.41, 5.74) is 0.239. The Bertz CT molecular complexity index is 484. The molecule has 0 aliphatic rings. The molecule has 0 aliphatic heterocycles. The maximum absolute atomic E-state index is 12.3. The van der Waals surface area contributed by atoms with Gasteiger partial charge < -0.3 is 15.0 Å². The van der Waals surface area contributed by atoms with Crippen molar-refractivity contribution in [3.05, 3.63) is 24.0 Å². The molecule has 0 fully saturated rings. The molecule has 0 aromatic carbocycles. The van der Waals surface area contributed by atoms with Gasteiger partial charge in [0.2, 0.25) is 0 Å². The lowest BCUT2D eigenvalue weighted by molar-refractivity contribution is -0.138. The molecule has 5 nitrogen and oxygen atoms in total. The lowest BCUT2D eigenvalue weighted by Crippen LogP contribution is -2.45. The number of nitrogens with zero attached hydrogens (tertiary/aromatic N) is 1. The number of carboxylic acids is 1. The molecule has 112 valence electrons. The first-order valence-corrected chi connectivity index (χ1v) is 6.82. The number of carbonyl (C=O) groups is 2. The normalized spacial score (nSPS) is 13.3. The first kappa shape index (κ1) is 16.3. The summed E-state index contributed by atoms with van der Waals surface area (Å²) in [5, 5.41) is 11.8. The van der Waals surface area contributed by atoms with E-state index in [1.807, 2.05) is 51.4 Å². The highest BCUT2D eigenvalue weighted by atomic mass is 16.4. The fourth-order valence-electron chi connectivity index (χ4n) is 2.02. The highest BCUT2D eigenvalue weighted by Gasteiger charge is 2.29. The van der Waals surface area contributed by atoms with Gasteiger partial charge in [0, 0.05) is 18.3 Å². The quantitative estimate of drug-likeness (QED) is 0.871. The molecule has 1 atom stereocenters. The van der Waals surface area contributed by atoms with Crippen LogP contribution < -0.4 is 5.32 Å². The molecule has 1 aromatic heterocycles. The Morgan fingerprint density at radius 2 is 1.95 bits per heavy atom. The van der Waals surface area contributed by atoms with Gasteiger partial charge in [0.25, 0.3) is 5.91 Å². The van der Waals surface area contributed by atoms with Gasteiger partial charge in [-0.05, 0) is 31.4 Å². The molecule has 0 radical (unpaired) electrons. The number of hydrogen-bond acceptors (Lipinski definition) is 2. The van der Waals surface area contributed by atoms with Gasteiger partial charge in [0.05, 0.1) is 6.42 Å². The number of hydrogen-bond donors (Lipinski definition) is 2. The second-order valence-electron chi connectivity index (χ2n) is 6.38. The number of carboxylic acid groups (broad SMARTS) is 1. The third-order valence-corrected chi connectivity index (χ3v) is 3.30. The minimum atomic E-state index is -0.913. The summed E-state index contributed by atoms with van der Waals surface area (Å²) in [7, 11) is 0. The average molecular weight is 280 g/mol. The van der Waals surface area contributed by atoms with Crippen LogP contribution in [0.4, 0.5) is 0 Å². The van der Waals surface area contributed by atoms with E-state index in [2.05, 4.69) is 5.32 Å². The summed E-state index contributed by atoms with van der Waals surface area (Å²) in [6.07, 6.45) is 1.76. The van der Waals surface area contributed by atoms with Crippen LogP contribution in [0.5, 0.6) is 0 Å². The van der Waals surface area contributed by atoms with Crippen molar-refractivity contribution in [2.45, 2.75) is 53.1 Å². The van der Waals surface area contributed by atoms with Crippen LogP contribution in [-0.4, -0.2) is 27.6 Å². The molecule has 1 unspecified atom stereocenters. The van der Waals surface area contributed by atoms with E-state index in [-0.39, 0.29) is 23.8 Å². The number of carbonyl (C=O) groups excluding carboxylic acids is 1. The molecular weight excluding hydrogens is 256 g/mol. The van der Waals surface area contributed by atoms with Crippen LogP contribution in [0.3, 0.4) is 0 Å². The minimum absolute atomic E-state index is 0.0857. The first-order valence-electron chi connectivity index (χ1n) is 6.82. The highest BCUT2D eigenvalue weighted by Crippen LogP contribution is 2.22. The molecule has 1 heterocycles. The summed E-state index contributed by atoms with van der Waals surface area (Å²) in [4.78, 5) is 23.3. The maximum Gasteiger partial charge on any atom is 0.305 e. The molecule has 2 N–H and O–H groups in total. The van der Waals surface area contributed by atoms with Gasteiger partial charge >= 0.3 is 5.97 Å². The highest BCUT2D eigenvalue weighted by molar-refractivity contribution is 5.93. The van der Waals surface area contributed by atoms with Crippen molar-refractivity contribution in [1.29, 1.82) is 0 Å². The van der Waals surface area contributed by atoms with Crippen molar-refractivity contribution in [3.8, 4) is 0 Å². The lowest BCUT2D eigenvalue weighted by Gasteiger charge is -2.30. The van der Waals surface area contributed by atoms with Crippen molar-refractivity contribution >= 4 is 11.9 Å². The Morgan fingerprint density at radius 1 is 1.35 bits per heavy atom. The Balaban J connectivity index is 2.91. The van der Waals surface area contributed by atoms with Gasteiger partial charge in [-0.15, -0.1) is 0 Å². The second kappa shape index (κ2) is 6.11. The number of aliphatic carboxylic acids is 1. The largest absolute Gasteiger partial charge is 0.481 e. The molecule has 0 bridgehead atoms. The monoisotopic (exact) mass is 280 g/mol. The molecule has 0 saturated heterocycles. The van der Waals surface area contributed by atoms with Gasteiger partial charge in [-0.2, -0.15) is 0 Å². The van der Waals surface area contributed by atoms with Crippen LogP contribution in [0.1, 0.15) is 57.6 Å². The topological polar surface area (TPSA) is 71.3 Å². The zero-order valence-electron chi connectivity index (χ0n) is 12.8.